The lowest BCUT2D eigenvalue weighted by Gasteiger charge is -2.19. The van der Waals surface area contributed by atoms with Crippen LogP contribution in [0.4, 0.5) is 11.4 Å². The van der Waals surface area contributed by atoms with Crippen molar-refractivity contribution in [2.45, 2.75) is 12.8 Å². The summed E-state index contributed by atoms with van der Waals surface area (Å²) >= 11 is 0. The van der Waals surface area contributed by atoms with Crippen LogP contribution >= 0.6 is 0 Å². The van der Waals surface area contributed by atoms with Crippen LogP contribution in [0.15, 0.2) is 229 Å². The maximum Gasteiger partial charge on any atom is 0.335 e. The number of carboxylic acids is 10. The molecule has 34 heteroatoms. The molecule has 0 unspecified atom stereocenters. The van der Waals surface area contributed by atoms with Gasteiger partial charge in [-0.25, -0.2) is 47.9 Å². The van der Waals surface area contributed by atoms with Crippen LogP contribution in [0.2, 0.25) is 0 Å². The third kappa shape index (κ3) is 24.9. The first-order chi connectivity index (χ1) is 57.4. The molecule has 10 N–H and O–H groups in total. The Balaban J connectivity index is 0.000000205. The van der Waals surface area contributed by atoms with Crippen molar-refractivity contribution < 1.29 is 156 Å². The van der Waals surface area contributed by atoms with Crippen LogP contribution in [0.5, 0.6) is 34.5 Å². The molecule has 0 spiro atoms. The van der Waals surface area contributed by atoms with E-state index in [1.165, 1.54) is 158 Å². The first-order valence-electron chi connectivity index (χ1n) is 33.9. The SMILES string of the molecule is O=C(O)c1cccc(-c2cc(-c3cccc(C(=O)O)c3)c(-c3cccc(C(=O)O)c3)cc2-c2cccc(C(=O)O)c2)c1.O=COc1cc(/C=C/c2cc(OC=O)cc(C(=O)O)c2)cc(C(=O)O)c1.O=COc1cc(CCc2cc(OC=O)cc(C(=O)O)c2)cc(C(=O)O)c1.O=COc1cc(N=Nc2cc(OC=O)cc(C(=O)O)c2)cc(C(=O)O)c1. The topological polar surface area (TPSA) is 556 Å². The number of nitrogens with zero attached hydrogens (tertiary/aromatic N) is 2. The zero-order valence-electron chi connectivity index (χ0n) is 61.2. The van der Waals surface area contributed by atoms with E-state index in [4.69, 9.17) is 40.1 Å². The standard InChI is InChI=1S/C34H22O8.C18H14O8.C18H12O8.C16H10N2O8/c35-31(36)23-9-1-5-19(13-23)27-17-29(21-7-3-11-25(15-21)33(39)40)30(22-8-4-12-26(16-22)34(41)42)18-28(27)20-6-2-10-24(14-20)32(37)38;2*19-9-25-15-5-11(3-13(7-15)17(21)22)1-2-12-4-14(18(23)24)8-16(6-12)26-10-20;19-7-25-13-3-9(15(21)22)1-11(5-13)17-18-12-2-10(16(23)24)4-14(6-12)26-8-20/h1-18H,(H,35,36)(H,37,38)(H,39,40)(H,41,42);3-10H,1-2H2,(H,21,22)(H,23,24);1-10H,(H,21,22)(H,23,24);1-8H,(H,21,22)(H,23,24)/b;;2-1+;. The van der Waals surface area contributed by atoms with Gasteiger partial charge in [-0.2, -0.15) is 10.2 Å². The number of azo groups is 1. The van der Waals surface area contributed by atoms with Gasteiger partial charge in [-0.1, -0.05) is 60.7 Å². The van der Waals surface area contributed by atoms with E-state index < -0.39 is 59.7 Å². The molecule has 11 aromatic carbocycles. The number of carbonyl (C=O) groups is 16. The summed E-state index contributed by atoms with van der Waals surface area (Å²) in [5.41, 5.74) is 6.00. The second-order valence-electron chi connectivity index (χ2n) is 24.4. The lowest BCUT2D eigenvalue weighted by atomic mass is 9.84. The highest BCUT2D eigenvalue weighted by Crippen LogP contribution is 2.43. The van der Waals surface area contributed by atoms with E-state index in [2.05, 4.69) is 29.2 Å². The maximum atomic E-state index is 11.8. The average molecular weight is 1630 g/mol. The number of benzene rings is 11. The number of hydrogen-bond acceptors (Lipinski definition) is 24. The van der Waals surface area contributed by atoms with E-state index in [0.29, 0.717) is 79.6 Å². The quantitative estimate of drug-likeness (QED) is 0.0104. The van der Waals surface area contributed by atoms with Gasteiger partial charge < -0.3 is 79.5 Å². The summed E-state index contributed by atoms with van der Waals surface area (Å²) in [7, 11) is 0. The van der Waals surface area contributed by atoms with Crippen LogP contribution in [0.3, 0.4) is 0 Å². The number of carboxylic acid groups (broad SMARTS) is 10. The molecule has 11 rings (SSSR count). The van der Waals surface area contributed by atoms with Gasteiger partial charge in [0.25, 0.3) is 38.8 Å². The van der Waals surface area contributed by atoms with E-state index in [0.717, 1.165) is 12.1 Å². The Morgan fingerprint density at radius 2 is 0.450 bits per heavy atom. The summed E-state index contributed by atoms with van der Waals surface area (Å²) in [5.74, 6) is -11.6. The summed E-state index contributed by atoms with van der Waals surface area (Å²) in [6.45, 7) is 0.998. The number of ether oxygens (including phenoxy) is 6. The second-order valence-corrected chi connectivity index (χ2v) is 24.4. The third-order valence-corrected chi connectivity index (χ3v) is 16.5. The number of aromatic carboxylic acids is 10. The van der Waals surface area contributed by atoms with Crippen molar-refractivity contribution in [3.63, 3.8) is 0 Å². The van der Waals surface area contributed by atoms with Crippen molar-refractivity contribution >= 4 is 122 Å². The second kappa shape index (κ2) is 41.7. The van der Waals surface area contributed by atoms with Crippen molar-refractivity contribution in [3.05, 3.63) is 296 Å². The molecule has 0 aliphatic carbocycles. The van der Waals surface area contributed by atoms with Crippen molar-refractivity contribution in [3.8, 4) is 79.0 Å². The molecular weight excluding hydrogens is 1570 g/mol. The van der Waals surface area contributed by atoms with Crippen molar-refractivity contribution in [1.82, 2.24) is 0 Å². The molecule has 0 atom stereocenters. The Morgan fingerprint density at radius 1 is 0.233 bits per heavy atom. The van der Waals surface area contributed by atoms with Gasteiger partial charge in [-0.3, -0.25) is 28.8 Å². The summed E-state index contributed by atoms with van der Waals surface area (Å²) in [6.07, 6.45) is 3.69. The van der Waals surface area contributed by atoms with Gasteiger partial charge in [0.1, 0.15) is 34.5 Å². The van der Waals surface area contributed by atoms with Gasteiger partial charge in [0, 0.05) is 12.1 Å². The Hall–Kier alpha value is -17.7. The molecule has 0 radical (unpaired) electrons. The predicted octanol–water partition coefficient (Wildman–Crippen LogP) is 14.0. The zero-order valence-corrected chi connectivity index (χ0v) is 61.2. The van der Waals surface area contributed by atoms with E-state index >= 15 is 0 Å². The minimum atomic E-state index is -1.27. The van der Waals surface area contributed by atoms with E-state index in [1.54, 1.807) is 60.7 Å². The molecule has 0 heterocycles. The zero-order chi connectivity index (χ0) is 87.3. The molecule has 0 saturated heterocycles. The van der Waals surface area contributed by atoms with Crippen LogP contribution in [-0.4, -0.2) is 150 Å². The van der Waals surface area contributed by atoms with Gasteiger partial charge in [-0.15, -0.1) is 0 Å². The Labute approximate surface area is 673 Å². The molecular formula is C86H58N2O32. The average Bonchev–Trinajstić information content (AvgIpc) is 0.758. The molecule has 0 fully saturated rings. The molecule has 0 amide bonds. The van der Waals surface area contributed by atoms with E-state index in [1.807, 2.05) is 0 Å². The van der Waals surface area contributed by atoms with Crippen LogP contribution in [0.1, 0.15) is 126 Å². The Kier molecular flexibility index (Phi) is 30.5. The fourth-order valence-corrected chi connectivity index (χ4v) is 11.2. The molecule has 120 heavy (non-hydrogen) atoms. The first kappa shape index (κ1) is 87.9. The summed E-state index contributed by atoms with van der Waals surface area (Å²) in [5, 5.41) is 101. The van der Waals surface area contributed by atoms with E-state index in [-0.39, 0.29) is 140 Å². The third-order valence-electron chi connectivity index (χ3n) is 16.5. The number of carbonyl (C=O) groups excluding carboxylic acids is 6. The highest BCUT2D eigenvalue weighted by atomic mass is 16.5. The van der Waals surface area contributed by atoms with E-state index in [9.17, 15) is 97.1 Å². The van der Waals surface area contributed by atoms with Gasteiger partial charge >= 0.3 is 59.7 Å². The van der Waals surface area contributed by atoms with Crippen LogP contribution in [0.25, 0.3) is 56.7 Å². The lowest BCUT2D eigenvalue weighted by Crippen LogP contribution is -2.03. The van der Waals surface area contributed by atoms with Crippen LogP contribution < -0.4 is 28.4 Å². The molecule has 34 nitrogen and oxygen atoms in total. The molecule has 0 aromatic heterocycles. The van der Waals surface area contributed by atoms with Gasteiger partial charge in [0.15, 0.2) is 0 Å². The predicted molar refractivity (Wildman–Crippen MR) is 417 cm³/mol. The molecule has 11 aromatic rings. The minimum absolute atomic E-state index is 0.0383. The smallest absolute Gasteiger partial charge is 0.335 e. The number of rotatable bonds is 33. The van der Waals surface area contributed by atoms with Gasteiger partial charge in [-0.05, 0) is 237 Å². The normalized spacial score (nSPS) is 10.4. The molecule has 604 valence electrons. The van der Waals surface area contributed by atoms with Crippen LogP contribution in [-0.2, 0) is 41.6 Å². The largest absolute Gasteiger partial charge is 0.478 e. The first-order valence-corrected chi connectivity index (χ1v) is 33.9. The fourth-order valence-electron chi connectivity index (χ4n) is 11.2. The lowest BCUT2D eigenvalue weighted by molar-refractivity contribution is -0.121. The fraction of sp³-hybridized carbons (Fsp3) is 0.0233. The van der Waals surface area contributed by atoms with Crippen molar-refractivity contribution in [2.75, 3.05) is 0 Å². The van der Waals surface area contributed by atoms with Crippen LogP contribution in [0, 0.1) is 0 Å². The molecule has 0 bridgehead atoms. The van der Waals surface area contributed by atoms with Crippen molar-refractivity contribution in [1.29, 1.82) is 0 Å². The summed E-state index contributed by atoms with van der Waals surface area (Å²) in [6, 6.07) is 52.2. The highest BCUT2D eigenvalue weighted by Gasteiger charge is 2.22. The summed E-state index contributed by atoms with van der Waals surface area (Å²) < 4.78 is 28.0. The number of aryl methyl sites for hydroxylation is 2. The Bertz CT molecular complexity index is 5320. The van der Waals surface area contributed by atoms with Gasteiger partial charge in [0.05, 0.1) is 67.0 Å². The molecule has 0 saturated carbocycles. The van der Waals surface area contributed by atoms with Gasteiger partial charge in [0.2, 0.25) is 0 Å². The maximum absolute atomic E-state index is 11.8. The molecule has 0 aliphatic heterocycles. The molecule has 0 aliphatic rings. The minimum Gasteiger partial charge on any atom is -0.478 e. The van der Waals surface area contributed by atoms with Crippen molar-refractivity contribution in [2.24, 2.45) is 10.2 Å². The highest BCUT2D eigenvalue weighted by molar-refractivity contribution is 6.01. The summed E-state index contributed by atoms with van der Waals surface area (Å²) in [4.78, 5) is 177. The Morgan fingerprint density at radius 3 is 0.683 bits per heavy atom. The monoisotopic (exact) mass is 1630 g/mol. The number of hydrogen-bond donors (Lipinski definition) is 10.